The van der Waals surface area contributed by atoms with E-state index in [1.165, 1.54) is 10.4 Å². The molecule has 4 nitrogen and oxygen atoms in total. The molecule has 0 saturated carbocycles. The van der Waals surface area contributed by atoms with Crippen molar-refractivity contribution in [3.8, 4) is 0 Å². The van der Waals surface area contributed by atoms with Crippen molar-refractivity contribution in [1.29, 1.82) is 0 Å². The normalized spacial score (nSPS) is 11.0. The van der Waals surface area contributed by atoms with Crippen LogP contribution in [0.2, 0.25) is 0 Å². The number of thioether (sulfide) groups is 1. The van der Waals surface area contributed by atoms with Gasteiger partial charge in [-0.05, 0) is 38.5 Å². The summed E-state index contributed by atoms with van der Waals surface area (Å²) in [5.41, 5.74) is 1.81. The van der Waals surface area contributed by atoms with Crippen LogP contribution in [0.5, 0.6) is 0 Å². The Labute approximate surface area is 149 Å². The quantitative estimate of drug-likeness (QED) is 0.289. The van der Waals surface area contributed by atoms with Gasteiger partial charge in [0.25, 0.3) is 0 Å². The first-order valence-electron chi connectivity index (χ1n) is 7.65. The first-order chi connectivity index (χ1) is 11.6. The molecule has 2 heterocycles. The van der Waals surface area contributed by atoms with Gasteiger partial charge in [-0.3, -0.25) is 0 Å². The maximum atomic E-state index is 11.9. The fourth-order valence-electron chi connectivity index (χ4n) is 2.35. The van der Waals surface area contributed by atoms with E-state index in [1.54, 1.807) is 35.2 Å². The average Bonchev–Trinajstić information content (AvgIpc) is 2.86. The molecule has 0 fully saturated rings. The topological polar surface area (TPSA) is 52.1 Å². The number of hydrogen-bond donors (Lipinski definition) is 0. The molecule has 0 atom stereocenters. The van der Waals surface area contributed by atoms with E-state index in [9.17, 15) is 4.79 Å². The van der Waals surface area contributed by atoms with Crippen molar-refractivity contribution in [3.63, 3.8) is 0 Å². The highest BCUT2D eigenvalue weighted by Crippen LogP contribution is 2.34. The summed E-state index contributed by atoms with van der Waals surface area (Å²) in [6.45, 7) is 6.47. The predicted molar refractivity (Wildman–Crippen MR) is 99.1 cm³/mol. The Kier molecular flexibility index (Phi) is 5.16. The molecule has 3 rings (SSSR count). The number of rotatable bonds is 5. The van der Waals surface area contributed by atoms with E-state index in [-0.39, 0.29) is 5.97 Å². The molecule has 0 aliphatic heterocycles. The molecular formula is C18H18N2O2S2. The number of benzene rings is 1. The number of fused-ring (bicyclic) bond motifs is 1. The zero-order valence-electron chi connectivity index (χ0n) is 13.8. The highest BCUT2D eigenvalue weighted by atomic mass is 32.2. The number of aryl methyl sites for hydroxylation is 3. The third-order valence-electron chi connectivity index (χ3n) is 3.67. The molecule has 2 aromatic heterocycles. The Hall–Kier alpha value is -1.92. The van der Waals surface area contributed by atoms with Crippen LogP contribution in [0.15, 0.2) is 35.4 Å². The van der Waals surface area contributed by atoms with E-state index in [0.29, 0.717) is 17.9 Å². The Bertz CT molecular complexity index is 876. The second-order valence-electron chi connectivity index (χ2n) is 5.39. The fourth-order valence-corrected chi connectivity index (χ4v) is 4.44. The molecular weight excluding hydrogens is 340 g/mol. The predicted octanol–water partition coefficient (Wildman–Crippen LogP) is 4.57. The number of nitrogens with zero attached hydrogens (tertiary/aromatic N) is 2. The van der Waals surface area contributed by atoms with Crippen molar-refractivity contribution in [2.75, 3.05) is 12.4 Å². The number of hydrogen-bond acceptors (Lipinski definition) is 6. The standard InChI is InChI=1S/C18H18N2O2S2/c1-11-12(2)24-17-15(11)16(19-13(3)20-17)23-10-9-22-18(21)14-7-5-4-6-8-14/h4-8H,9-10H2,1-3H3. The number of carbonyl (C=O) groups is 1. The summed E-state index contributed by atoms with van der Waals surface area (Å²) in [5.74, 6) is 1.15. The molecule has 0 spiro atoms. The van der Waals surface area contributed by atoms with Crippen molar-refractivity contribution in [2.24, 2.45) is 0 Å². The monoisotopic (exact) mass is 358 g/mol. The third kappa shape index (κ3) is 3.60. The summed E-state index contributed by atoms with van der Waals surface area (Å²) in [6.07, 6.45) is 0. The lowest BCUT2D eigenvalue weighted by molar-refractivity contribution is 0.0530. The number of thiophene rings is 1. The second kappa shape index (κ2) is 7.32. The molecule has 0 aliphatic carbocycles. The maximum Gasteiger partial charge on any atom is 0.338 e. The van der Waals surface area contributed by atoms with Crippen molar-refractivity contribution in [1.82, 2.24) is 9.97 Å². The Morgan fingerprint density at radius 2 is 1.92 bits per heavy atom. The van der Waals surface area contributed by atoms with Gasteiger partial charge < -0.3 is 4.74 Å². The molecule has 0 aliphatic rings. The summed E-state index contributed by atoms with van der Waals surface area (Å²) >= 11 is 3.31. The molecule has 0 unspecified atom stereocenters. The van der Waals surface area contributed by atoms with Gasteiger partial charge >= 0.3 is 5.97 Å². The average molecular weight is 358 g/mol. The molecule has 24 heavy (non-hydrogen) atoms. The van der Waals surface area contributed by atoms with Gasteiger partial charge in [0, 0.05) is 16.0 Å². The van der Waals surface area contributed by atoms with E-state index < -0.39 is 0 Å². The number of aromatic nitrogens is 2. The van der Waals surface area contributed by atoms with E-state index in [2.05, 4.69) is 23.8 Å². The Balaban J connectivity index is 1.65. The van der Waals surface area contributed by atoms with Crippen LogP contribution in [0.25, 0.3) is 10.2 Å². The van der Waals surface area contributed by atoms with Crippen LogP contribution in [0.1, 0.15) is 26.6 Å². The second-order valence-corrected chi connectivity index (χ2v) is 7.68. The van der Waals surface area contributed by atoms with Crippen LogP contribution < -0.4 is 0 Å². The molecule has 0 amide bonds. The SMILES string of the molecule is Cc1nc(SCCOC(=O)c2ccccc2)c2c(C)c(C)sc2n1. The van der Waals surface area contributed by atoms with Crippen molar-refractivity contribution < 1.29 is 9.53 Å². The minimum atomic E-state index is -0.289. The highest BCUT2D eigenvalue weighted by Gasteiger charge is 2.14. The van der Waals surface area contributed by atoms with Gasteiger partial charge in [0.15, 0.2) is 0 Å². The zero-order valence-corrected chi connectivity index (χ0v) is 15.5. The molecule has 3 aromatic rings. The van der Waals surface area contributed by atoms with E-state index in [1.807, 2.05) is 25.1 Å². The highest BCUT2D eigenvalue weighted by molar-refractivity contribution is 7.99. The molecule has 6 heteroatoms. The smallest absolute Gasteiger partial charge is 0.338 e. The van der Waals surface area contributed by atoms with Crippen molar-refractivity contribution in [2.45, 2.75) is 25.8 Å². The van der Waals surface area contributed by atoms with Gasteiger partial charge in [0.1, 0.15) is 22.3 Å². The van der Waals surface area contributed by atoms with Crippen LogP contribution in [0.4, 0.5) is 0 Å². The van der Waals surface area contributed by atoms with Gasteiger partial charge in [-0.25, -0.2) is 14.8 Å². The molecule has 0 N–H and O–H groups in total. The van der Waals surface area contributed by atoms with Crippen LogP contribution in [0.3, 0.4) is 0 Å². The van der Waals surface area contributed by atoms with Gasteiger partial charge in [-0.2, -0.15) is 0 Å². The largest absolute Gasteiger partial charge is 0.461 e. The molecule has 1 aromatic carbocycles. The summed E-state index contributed by atoms with van der Waals surface area (Å²) in [5, 5.41) is 2.09. The zero-order chi connectivity index (χ0) is 17.1. The summed E-state index contributed by atoms with van der Waals surface area (Å²) in [7, 11) is 0. The number of ether oxygens (including phenoxy) is 1. The minimum absolute atomic E-state index is 0.289. The molecule has 0 saturated heterocycles. The number of esters is 1. The maximum absolute atomic E-state index is 11.9. The van der Waals surface area contributed by atoms with Gasteiger partial charge in [-0.15, -0.1) is 23.1 Å². The molecule has 124 valence electrons. The first kappa shape index (κ1) is 16.9. The van der Waals surface area contributed by atoms with Crippen LogP contribution in [0, 0.1) is 20.8 Å². The molecule has 0 bridgehead atoms. The lowest BCUT2D eigenvalue weighted by Crippen LogP contribution is -2.07. The van der Waals surface area contributed by atoms with Gasteiger partial charge in [-0.1, -0.05) is 18.2 Å². The van der Waals surface area contributed by atoms with Crippen LogP contribution in [-0.4, -0.2) is 28.3 Å². The first-order valence-corrected chi connectivity index (χ1v) is 9.46. The van der Waals surface area contributed by atoms with E-state index >= 15 is 0 Å². The lowest BCUT2D eigenvalue weighted by atomic mass is 10.2. The third-order valence-corrected chi connectivity index (χ3v) is 5.71. The van der Waals surface area contributed by atoms with E-state index in [0.717, 1.165) is 21.1 Å². The number of carbonyl (C=O) groups excluding carboxylic acids is 1. The minimum Gasteiger partial charge on any atom is -0.461 e. The fraction of sp³-hybridized carbons (Fsp3) is 0.278. The van der Waals surface area contributed by atoms with Crippen molar-refractivity contribution in [3.05, 3.63) is 52.2 Å². The summed E-state index contributed by atoms with van der Waals surface area (Å²) in [4.78, 5) is 23.3. The Morgan fingerprint density at radius 1 is 1.17 bits per heavy atom. The summed E-state index contributed by atoms with van der Waals surface area (Å²) < 4.78 is 5.33. The van der Waals surface area contributed by atoms with Crippen molar-refractivity contribution >= 4 is 39.3 Å². The lowest BCUT2D eigenvalue weighted by Gasteiger charge is -2.06. The van der Waals surface area contributed by atoms with Crippen LogP contribution >= 0.6 is 23.1 Å². The van der Waals surface area contributed by atoms with Gasteiger partial charge in [0.05, 0.1) is 5.56 Å². The van der Waals surface area contributed by atoms with Crippen LogP contribution in [-0.2, 0) is 4.74 Å². The van der Waals surface area contributed by atoms with E-state index in [4.69, 9.17) is 4.74 Å². The molecule has 0 radical (unpaired) electrons. The Morgan fingerprint density at radius 3 is 2.67 bits per heavy atom. The summed E-state index contributed by atoms with van der Waals surface area (Å²) in [6, 6.07) is 9.04. The van der Waals surface area contributed by atoms with Gasteiger partial charge in [0.2, 0.25) is 0 Å².